The molecule has 9 aromatic carbocycles. The summed E-state index contributed by atoms with van der Waals surface area (Å²) in [5, 5.41) is 6.03. The quantitative estimate of drug-likeness (QED) is 0.165. The first-order valence-electron chi connectivity index (χ1n) is 22.0. The maximum Gasteiger partial charge on any atom is 0.160 e. The second kappa shape index (κ2) is 14.2. The number of pyridine rings is 1. The van der Waals surface area contributed by atoms with Gasteiger partial charge in [0, 0.05) is 63.0 Å². The van der Waals surface area contributed by atoms with Gasteiger partial charge in [-0.15, -0.1) is 11.3 Å². The first-order chi connectivity index (χ1) is 32.2. The van der Waals surface area contributed by atoms with Gasteiger partial charge in [-0.1, -0.05) is 188 Å². The highest BCUT2D eigenvalue weighted by molar-refractivity contribution is 7.99. The Balaban J connectivity index is 0.952. The Hall–Kier alpha value is -7.70. The molecule has 3 nitrogen and oxygen atoms in total. The van der Waals surface area contributed by atoms with Crippen LogP contribution in [0.3, 0.4) is 0 Å². The molecule has 1 spiro atoms. The van der Waals surface area contributed by atoms with Crippen LogP contribution in [0.25, 0.3) is 98.1 Å². The van der Waals surface area contributed by atoms with Crippen molar-refractivity contribution in [3.63, 3.8) is 0 Å². The van der Waals surface area contributed by atoms with E-state index in [1.807, 2.05) is 41.3 Å². The van der Waals surface area contributed by atoms with Crippen molar-refractivity contribution >= 4 is 64.9 Å². The zero-order chi connectivity index (χ0) is 42.6. The number of rotatable bonds is 4. The molecule has 0 radical (unpaired) electrons. The van der Waals surface area contributed by atoms with Gasteiger partial charge >= 0.3 is 0 Å². The molecular formula is C60H35N3S2. The lowest BCUT2D eigenvalue weighted by Crippen LogP contribution is -2.32. The van der Waals surface area contributed by atoms with Gasteiger partial charge in [0.05, 0.1) is 28.0 Å². The molecule has 1 aliphatic carbocycles. The summed E-state index contributed by atoms with van der Waals surface area (Å²) in [6.07, 6.45) is 0. The average Bonchev–Trinajstić information content (AvgIpc) is 3.90. The number of hydrogen-bond acceptors (Lipinski definition) is 5. The minimum Gasteiger partial charge on any atom is -0.247 e. The zero-order valence-corrected chi connectivity index (χ0v) is 36.5. The van der Waals surface area contributed by atoms with Gasteiger partial charge in [-0.3, -0.25) is 0 Å². The number of aromatic nitrogens is 3. The van der Waals surface area contributed by atoms with Crippen LogP contribution >= 0.6 is 23.1 Å². The van der Waals surface area contributed by atoms with Crippen molar-refractivity contribution in [2.45, 2.75) is 15.2 Å². The minimum absolute atomic E-state index is 0.456. The third kappa shape index (κ3) is 5.40. The molecule has 0 N–H and O–H groups in total. The third-order valence-electron chi connectivity index (χ3n) is 13.6. The molecule has 0 saturated heterocycles. The highest BCUT2D eigenvalue weighted by Crippen LogP contribution is 2.62. The number of benzene rings is 9. The van der Waals surface area contributed by atoms with Gasteiger partial charge in [-0.25, -0.2) is 15.0 Å². The molecule has 5 heteroatoms. The summed E-state index contributed by atoms with van der Waals surface area (Å²) in [6, 6.07) is 77.1. The summed E-state index contributed by atoms with van der Waals surface area (Å²) in [6.45, 7) is 0. The van der Waals surface area contributed by atoms with Crippen molar-refractivity contribution in [1.29, 1.82) is 0 Å². The van der Waals surface area contributed by atoms with Crippen molar-refractivity contribution in [2.24, 2.45) is 0 Å². The lowest BCUT2D eigenvalue weighted by atomic mass is 9.67. The first kappa shape index (κ1) is 36.8. The molecule has 12 aromatic rings. The van der Waals surface area contributed by atoms with E-state index in [9.17, 15) is 0 Å². The smallest absolute Gasteiger partial charge is 0.160 e. The van der Waals surface area contributed by atoms with Crippen molar-refractivity contribution in [3.05, 3.63) is 235 Å². The van der Waals surface area contributed by atoms with Crippen LogP contribution in [-0.4, -0.2) is 15.0 Å². The lowest BCUT2D eigenvalue weighted by molar-refractivity contribution is 0.724. The molecule has 302 valence electrons. The van der Waals surface area contributed by atoms with E-state index in [2.05, 4.69) is 194 Å². The largest absolute Gasteiger partial charge is 0.247 e. The predicted molar refractivity (Wildman–Crippen MR) is 271 cm³/mol. The van der Waals surface area contributed by atoms with Gasteiger partial charge in [-0.2, -0.15) is 0 Å². The molecule has 0 atom stereocenters. The van der Waals surface area contributed by atoms with E-state index in [1.54, 1.807) is 0 Å². The molecule has 3 aromatic heterocycles. The van der Waals surface area contributed by atoms with E-state index in [1.165, 1.54) is 68.7 Å². The topological polar surface area (TPSA) is 38.7 Å². The van der Waals surface area contributed by atoms with E-state index in [0.29, 0.717) is 5.82 Å². The van der Waals surface area contributed by atoms with E-state index < -0.39 is 5.41 Å². The molecule has 14 rings (SSSR count). The van der Waals surface area contributed by atoms with Crippen LogP contribution in [0.5, 0.6) is 0 Å². The number of thiophene rings is 1. The number of hydrogen-bond donors (Lipinski definition) is 0. The Morgan fingerprint density at radius 3 is 1.80 bits per heavy atom. The van der Waals surface area contributed by atoms with E-state index in [-0.39, 0.29) is 0 Å². The molecule has 65 heavy (non-hydrogen) atoms. The molecule has 2 aliphatic rings. The van der Waals surface area contributed by atoms with Gasteiger partial charge in [0.15, 0.2) is 5.82 Å². The average molecular weight is 862 g/mol. The van der Waals surface area contributed by atoms with Gasteiger partial charge < -0.3 is 0 Å². The number of para-hydroxylation sites is 1. The summed E-state index contributed by atoms with van der Waals surface area (Å²) in [5.41, 5.74) is 15.4. The van der Waals surface area contributed by atoms with E-state index in [4.69, 9.17) is 15.0 Å². The summed E-state index contributed by atoms with van der Waals surface area (Å²) in [4.78, 5) is 18.4. The monoisotopic (exact) mass is 861 g/mol. The highest BCUT2D eigenvalue weighted by atomic mass is 32.2. The number of nitrogens with zero attached hydrogens (tertiary/aromatic N) is 3. The maximum absolute atomic E-state index is 5.45. The maximum atomic E-state index is 5.45. The fraction of sp³-hybridized carbons (Fsp3) is 0.0167. The van der Waals surface area contributed by atoms with Gasteiger partial charge in [0.25, 0.3) is 0 Å². The lowest BCUT2D eigenvalue weighted by Gasteiger charge is -2.40. The molecule has 0 saturated carbocycles. The van der Waals surface area contributed by atoms with Gasteiger partial charge in [-0.05, 0) is 75.2 Å². The Morgan fingerprint density at radius 1 is 0.354 bits per heavy atom. The normalized spacial score (nSPS) is 13.3. The van der Waals surface area contributed by atoms with E-state index in [0.717, 1.165) is 55.6 Å². The van der Waals surface area contributed by atoms with Crippen LogP contribution in [0.4, 0.5) is 0 Å². The van der Waals surface area contributed by atoms with Crippen LogP contribution < -0.4 is 0 Å². The van der Waals surface area contributed by atoms with Crippen molar-refractivity contribution in [1.82, 2.24) is 15.0 Å². The molecule has 0 bridgehead atoms. The fourth-order valence-corrected chi connectivity index (χ4v) is 13.2. The Morgan fingerprint density at radius 2 is 0.985 bits per heavy atom. The molecule has 0 fully saturated rings. The predicted octanol–water partition coefficient (Wildman–Crippen LogP) is 16.0. The Kier molecular flexibility index (Phi) is 8.00. The summed E-state index contributed by atoms with van der Waals surface area (Å²) < 4.78 is 2.51. The molecule has 4 heterocycles. The van der Waals surface area contributed by atoms with Crippen LogP contribution in [0, 0.1) is 0 Å². The summed E-state index contributed by atoms with van der Waals surface area (Å²) in [7, 11) is 0. The molecule has 0 unspecified atom stereocenters. The second-order valence-corrected chi connectivity index (χ2v) is 19.1. The minimum atomic E-state index is -0.456. The fourth-order valence-electron chi connectivity index (χ4n) is 10.7. The van der Waals surface area contributed by atoms with Gasteiger partial charge in [0.2, 0.25) is 0 Å². The highest BCUT2D eigenvalue weighted by Gasteiger charge is 2.50. The van der Waals surface area contributed by atoms with Crippen molar-refractivity contribution in [3.8, 4) is 56.3 Å². The van der Waals surface area contributed by atoms with Crippen LogP contribution in [0.1, 0.15) is 22.3 Å². The molecule has 1 aliphatic heterocycles. The van der Waals surface area contributed by atoms with Crippen LogP contribution in [-0.2, 0) is 5.41 Å². The molecular weight excluding hydrogens is 827 g/mol. The van der Waals surface area contributed by atoms with Gasteiger partial charge in [0.1, 0.15) is 0 Å². The van der Waals surface area contributed by atoms with Crippen LogP contribution in [0.2, 0.25) is 0 Å². The van der Waals surface area contributed by atoms with Crippen molar-refractivity contribution < 1.29 is 0 Å². The SMILES string of the molecule is c1ccc(-c2nc(-c3ccc(-c4nc5ccccc5c5cc6c(cc45)Sc4ccccc4C64c5ccccc5-c5ccccc54)cc3)cc(-c3cccc4c3sc3ccccc34)n2)cc1. The Bertz CT molecular complexity index is 3880. The zero-order valence-electron chi connectivity index (χ0n) is 34.9. The van der Waals surface area contributed by atoms with Crippen molar-refractivity contribution in [2.75, 3.05) is 0 Å². The third-order valence-corrected chi connectivity index (χ3v) is 15.9. The Labute approximate surface area is 383 Å². The second-order valence-electron chi connectivity index (χ2n) is 17.0. The standard InChI is InChI=1S/C60H35N3S2/c1-2-15-38(16-3-1)59-62-52(35-53(63-59)44-22-14-21-43-42-20-7-12-27-54(42)65-58(43)44)36-29-31-37(32-30-36)57-46-34-56-50(33-45(46)41-19-6-11-26-51(41)61-57)60(49-25-10-13-28-55(49)64-56)47-23-8-4-17-39(47)40-18-5-9-24-48(40)60/h1-35H. The van der Waals surface area contributed by atoms with Crippen LogP contribution in [0.15, 0.2) is 222 Å². The molecule has 0 amide bonds. The summed E-state index contributed by atoms with van der Waals surface area (Å²) >= 11 is 3.70. The summed E-state index contributed by atoms with van der Waals surface area (Å²) in [5.74, 6) is 0.705. The van der Waals surface area contributed by atoms with E-state index >= 15 is 0 Å². The number of fused-ring (bicyclic) bond motifs is 15. The first-order valence-corrected chi connectivity index (χ1v) is 23.6.